The van der Waals surface area contributed by atoms with Gasteiger partial charge in [-0.25, -0.2) is 0 Å². The summed E-state index contributed by atoms with van der Waals surface area (Å²) in [5.41, 5.74) is 16.7. The zero-order chi connectivity index (χ0) is 17.6. The minimum atomic E-state index is -0.603. The highest BCUT2D eigenvalue weighted by atomic mass is 16.3. The van der Waals surface area contributed by atoms with Gasteiger partial charge in [0.25, 0.3) is 0 Å². The van der Waals surface area contributed by atoms with Crippen molar-refractivity contribution in [1.29, 1.82) is 0 Å². The molecule has 5 heteroatoms. The summed E-state index contributed by atoms with van der Waals surface area (Å²) in [5, 5.41) is 14.5. The van der Waals surface area contributed by atoms with Crippen LogP contribution >= 0.6 is 0 Å². The van der Waals surface area contributed by atoms with E-state index in [-0.39, 0.29) is 12.0 Å². The predicted molar refractivity (Wildman–Crippen MR) is 96.2 cm³/mol. The topological polar surface area (TPSA) is 101 Å². The standard InChI is InChI=1S/C20H21N3O2/c21-10-17-14-3-1-2-4-15(14)18(23-17)16-8-5-11-9-12(20(22)25)6-7-13(11)19(16)24/h1-4,6-7,9-10,16,18-19,23-24H,5,8,21H2,(H2,22,25)/b17-10-. The first-order chi connectivity index (χ1) is 12.1. The van der Waals surface area contributed by atoms with Crippen LogP contribution in [0.1, 0.15) is 51.2 Å². The number of carbonyl (C=O) groups excluding carboxylic acids is 1. The van der Waals surface area contributed by atoms with Crippen molar-refractivity contribution in [3.05, 3.63) is 76.5 Å². The van der Waals surface area contributed by atoms with Gasteiger partial charge in [0.15, 0.2) is 0 Å². The molecule has 5 nitrogen and oxygen atoms in total. The SMILES string of the molecule is N/C=C1\NC(C2CCc3cc(C(N)=O)ccc3C2O)c2ccccc21. The largest absolute Gasteiger partial charge is 0.403 e. The molecule has 0 radical (unpaired) electrons. The van der Waals surface area contributed by atoms with Crippen molar-refractivity contribution in [3.63, 3.8) is 0 Å². The van der Waals surface area contributed by atoms with Crippen molar-refractivity contribution >= 4 is 11.6 Å². The lowest BCUT2D eigenvalue weighted by Gasteiger charge is -2.34. The second-order valence-electron chi connectivity index (χ2n) is 6.71. The summed E-state index contributed by atoms with van der Waals surface area (Å²) in [6.07, 6.45) is 2.61. The molecule has 0 spiro atoms. The van der Waals surface area contributed by atoms with Crippen LogP contribution in [0, 0.1) is 5.92 Å². The lowest BCUT2D eigenvalue weighted by molar-refractivity contribution is 0.0742. The van der Waals surface area contributed by atoms with Crippen LogP contribution in [0.5, 0.6) is 0 Å². The Labute approximate surface area is 146 Å². The number of amides is 1. The number of aliphatic hydroxyl groups is 1. The van der Waals surface area contributed by atoms with Gasteiger partial charge in [0.1, 0.15) is 0 Å². The molecule has 0 saturated carbocycles. The fourth-order valence-electron chi connectivity index (χ4n) is 4.14. The van der Waals surface area contributed by atoms with Crippen LogP contribution in [0.4, 0.5) is 0 Å². The van der Waals surface area contributed by atoms with E-state index < -0.39 is 12.0 Å². The van der Waals surface area contributed by atoms with Crippen molar-refractivity contribution in [2.24, 2.45) is 17.4 Å². The lowest BCUT2D eigenvalue weighted by atomic mass is 9.76. The third kappa shape index (κ3) is 2.48. The minimum absolute atomic E-state index is 0.0185. The molecule has 2 aromatic carbocycles. The average molecular weight is 335 g/mol. The smallest absolute Gasteiger partial charge is 0.248 e. The van der Waals surface area contributed by atoms with E-state index in [1.165, 1.54) is 5.56 Å². The number of primary amides is 1. The molecule has 1 amide bonds. The number of rotatable bonds is 2. The Morgan fingerprint density at radius 3 is 2.76 bits per heavy atom. The van der Waals surface area contributed by atoms with Crippen LogP contribution in [0.2, 0.25) is 0 Å². The molecular weight excluding hydrogens is 314 g/mol. The Balaban J connectivity index is 1.69. The highest BCUT2D eigenvalue weighted by molar-refractivity contribution is 5.93. The molecular formula is C20H21N3O2. The molecule has 0 saturated heterocycles. The highest BCUT2D eigenvalue weighted by Crippen LogP contribution is 2.46. The van der Waals surface area contributed by atoms with Crippen LogP contribution in [0.15, 0.2) is 48.7 Å². The van der Waals surface area contributed by atoms with Crippen molar-refractivity contribution < 1.29 is 9.90 Å². The lowest BCUT2D eigenvalue weighted by Crippen LogP contribution is -2.31. The number of aryl methyl sites for hydroxylation is 1. The summed E-state index contributed by atoms with van der Waals surface area (Å²) >= 11 is 0. The molecule has 3 unspecified atom stereocenters. The Morgan fingerprint density at radius 1 is 1.20 bits per heavy atom. The van der Waals surface area contributed by atoms with Gasteiger partial charge in [0.05, 0.1) is 17.8 Å². The van der Waals surface area contributed by atoms with E-state index in [1.54, 1.807) is 18.3 Å². The van der Waals surface area contributed by atoms with Gasteiger partial charge < -0.3 is 21.9 Å². The number of fused-ring (bicyclic) bond motifs is 2. The molecule has 1 aliphatic heterocycles. The second-order valence-corrected chi connectivity index (χ2v) is 6.71. The van der Waals surface area contributed by atoms with Gasteiger partial charge in [0, 0.05) is 23.2 Å². The zero-order valence-corrected chi connectivity index (χ0v) is 13.8. The summed E-state index contributed by atoms with van der Waals surface area (Å²) in [6, 6.07) is 13.5. The summed E-state index contributed by atoms with van der Waals surface area (Å²) in [7, 11) is 0. The van der Waals surface area contributed by atoms with Crippen LogP contribution in [-0.4, -0.2) is 11.0 Å². The number of hydrogen-bond donors (Lipinski definition) is 4. The number of benzene rings is 2. The molecule has 6 N–H and O–H groups in total. The molecule has 2 aromatic rings. The van der Waals surface area contributed by atoms with E-state index in [4.69, 9.17) is 11.5 Å². The van der Waals surface area contributed by atoms with Gasteiger partial charge in [-0.1, -0.05) is 30.3 Å². The Kier molecular flexibility index (Phi) is 3.73. The average Bonchev–Trinajstić information content (AvgIpc) is 3.00. The van der Waals surface area contributed by atoms with Crippen LogP contribution in [0.3, 0.4) is 0 Å². The summed E-state index contributed by atoms with van der Waals surface area (Å²) < 4.78 is 0. The number of aliphatic hydroxyl groups excluding tert-OH is 1. The van der Waals surface area contributed by atoms with Gasteiger partial charge in [-0.15, -0.1) is 0 Å². The van der Waals surface area contributed by atoms with Gasteiger partial charge in [0.2, 0.25) is 5.91 Å². The number of hydrogen-bond acceptors (Lipinski definition) is 4. The first-order valence-electron chi connectivity index (χ1n) is 8.48. The zero-order valence-electron chi connectivity index (χ0n) is 13.8. The van der Waals surface area contributed by atoms with Crippen LogP contribution < -0.4 is 16.8 Å². The maximum absolute atomic E-state index is 11.4. The Morgan fingerprint density at radius 2 is 2.00 bits per heavy atom. The molecule has 3 atom stereocenters. The molecule has 1 aliphatic carbocycles. The van der Waals surface area contributed by atoms with Gasteiger partial charge >= 0.3 is 0 Å². The molecule has 4 rings (SSSR count). The molecule has 128 valence electrons. The summed E-state index contributed by atoms with van der Waals surface area (Å²) in [6.45, 7) is 0. The van der Waals surface area contributed by atoms with E-state index in [0.717, 1.165) is 35.2 Å². The van der Waals surface area contributed by atoms with Crippen molar-refractivity contribution in [2.75, 3.05) is 0 Å². The first-order valence-corrected chi connectivity index (χ1v) is 8.48. The highest BCUT2D eigenvalue weighted by Gasteiger charge is 2.39. The quantitative estimate of drug-likeness (QED) is 0.674. The van der Waals surface area contributed by atoms with E-state index >= 15 is 0 Å². The molecule has 0 bridgehead atoms. The minimum Gasteiger partial charge on any atom is -0.403 e. The fraction of sp³-hybridized carbons (Fsp3) is 0.250. The van der Waals surface area contributed by atoms with Crippen molar-refractivity contribution in [2.45, 2.75) is 25.0 Å². The van der Waals surface area contributed by atoms with Crippen molar-refractivity contribution in [1.82, 2.24) is 5.32 Å². The monoisotopic (exact) mass is 335 g/mol. The van der Waals surface area contributed by atoms with Crippen molar-refractivity contribution in [3.8, 4) is 0 Å². The molecule has 25 heavy (non-hydrogen) atoms. The third-order valence-electron chi connectivity index (χ3n) is 5.39. The maximum atomic E-state index is 11.4. The van der Waals surface area contributed by atoms with Crippen LogP contribution in [0.25, 0.3) is 5.70 Å². The third-order valence-corrected chi connectivity index (χ3v) is 5.39. The van der Waals surface area contributed by atoms with E-state index in [0.29, 0.717) is 5.56 Å². The van der Waals surface area contributed by atoms with Gasteiger partial charge in [-0.05, 0) is 41.7 Å². The summed E-state index contributed by atoms with van der Waals surface area (Å²) in [4.78, 5) is 11.4. The van der Waals surface area contributed by atoms with E-state index in [2.05, 4.69) is 11.4 Å². The summed E-state index contributed by atoms with van der Waals surface area (Å²) in [5.74, 6) is -0.408. The van der Waals surface area contributed by atoms with Crippen LogP contribution in [-0.2, 0) is 6.42 Å². The fourth-order valence-corrected chi connectivity index (χ4v) is 4.14. The van der Waals surface area contributed by atoms with Gasteiger partial charge in [-0.3, -0.25) is 4.79 Å². The molecule has 1 heterocycles. The normalized spacial score (nSPS) is 26.0. The maximum Gasteiger partial charge on any atom is 0.248 e. The number of carbonyl (C=O) groups is 1. The Bertz CT molecular complexity index is 875. The number of nitrogens with one attached hydrogen (secondary N) is 1. The molecule has 2 aliphatic rings. The van der Waals surface area contributed by atoms with E-state index in [1.807, 2.05) is 24.3 Å². The van der Waals surface area contributed by atoms with Gasteiger partial charge in [-0.2, -0.15) is 0 Å². The number of nitrogens with two attached hydrogens (primary N) is 2. The van der Waals surface area contributed by atoms with E-state index in [9.17, 15) is 9.90 Å². The second kappa shape index (κ2) is 5.93. The Hall–Kier alpha value is -2.79. The molecule has 0 fully saturated rings. The first kappa shape index (κ1) is 15.7. The molecule has 0 aromatic heterocycles. The predicted octanol–water partition coefficient (Wildman–Crippen LogP) is 1.98.